The summed E-state index contributed by atoms with van der Waals surface area (Å²) in [6.07, 6.45) is 0. The molecule has 0 aliphatic carbocycles. The molecule has 4 aromatic carbocycles. The van der Waals surface area contributed by atoms with Crippen molar-refractivity contribution in [2.75, 3.05) is 16.4 Å². The summed E-state index contributed by atoms with van der Waals surface area (Å²) < 4.78 is 83.7. The lowest BCUT2D eigenvalue weighted by molar-refractivity contribution is 0.481. The summed E-state index contributed by atoms with van der Waals surface area (Å²) in [7, 11) is -11.5. The van der Waals surface area contributed by atoms with Crippen molar-refractivity contribution in [2.24, 2.45) is 10.2 Å². The molecule has 0 unspecified atom stereocenters. The van der Waals surface area contributed by atoms with Crippen LogP contribution in [-0.4, -0.2) is 54.1 Å². The Kier molecular flexibility index (Phi) is 10.7. The van der Waals surface area contributed by atoms with Gasteiger partial charge in [-0.25, -0.2) is 8.42 Å². The van der Waals surface area contributed by atoms with Crippen molar-refractivity contribution in [1.82, 2.24) is 15.0 Å². The lowest BCUT2D eigenvalue weighted by Gasteiger charge is -2.10. The summed E-state index contributed by atoms with van der Waals surface area (Å²) in [5.74, 6) is -0.197. The van der Waals surface area contributed by atoms with Crippen molar-refractivity contribution in [3.63, 3.8) is 0 Å². The second kappa shape index (κ2) is 14.5. The van der Waals surface area contributed by atoms with Crippen molar-refractivity contribution in [2.45, 2.75) is 9.79 Å². The molecular formula is C27H21ClN8O9S3. The van der Waals surface area contributed by atoms with E-state index in [0.717, 1.165) is 11.5 Å². The van der Waals surface area contributed by atoms with Gasteiger partial charge in [0.1, 0.15) is 22.0 Å². The lowest BCUT2D eigenvalue weighted by Crippen LogP contribution is -2.05. The summed E-state index contributed by atoms with van der Waals surface area (Å²) in [6, 6.07) is 17.6. The number of sulfone groups is 1. The van der Waals surface area contributed by atoms with Crippen LogP contribution in [0.1, 0.15) is 0 Å². The van der Waals surface area contributed by atoms with Crippen LogP contribution >= 0.6 is 11.6 Å². The van der Waals surface area contributed by atoms with Crippen LogP contribution < -0.4 is 16.4 Å². The van der Waals surface area contributed by atoms with Gasteiger partial charge < -0.3 is 21.5 Å². The maximum Gasteiger partial charge on any atom is 0.425 e. The number of nitrogen functional groups attached to an aromatic ring is 1. The summed E-state index contributed by atoms with van der Waals surface area (Å²) in [5, 5.41) is 25.7. The molecule has 1 aromatic heterocycles. The first-order valence-corrected chi connectivity index (χ1v) is 17.2. The molecule has 0 spiro atoms. The molecule has 1 heterocycles. The van der Waals surface area contributed by atoms with Gasteiger partial charge in [-0.05, 0) is 71.6 Å². The van der Waals surface area contributed by atoms with Crippen molar-refractivity contribution < 1.29 is 39.1 Å². The number of aromatic hydroxyl groups is 1. The van der Waals surface area contributed by atoms with Crippen molar-refractivity contribution >= 4 is 93.3 Å². The van der Waals surface area contributed by atoms with Gasteiger partial charge in [0.05, 0.1) is 16.0 Å². The average Bonchev–Trinajstić information content (AvgIpc) is 3.00. The fourth-order valence-electron chi connectivity index (χ4n) is 3.99. The van der Waals surface area contributed by atoms with Crippen LogP contribution in [0.15, 0.2) is 105 Å². The van der Waals surface area contributed by atoms with E-state index < -0.39 is 35.5 Å². The third-order valence-corrected chi connectivity index (χ3v) is 8.47. The number of aromatic nitrogens is 3. The van der Waals surface area contributed by atoms with Gasteiger partial charge in [-0.1, -0.05) is 24.8 Å². The minimum atomic E-state index is -4.80. The van der Waals surface area contributed by atoms with Crippen LogP contribution in [0.4, 0.5) is 40.3 Å². The number of phenols is 1. The second-order valence-corrected chi connectivity index (χ2v) is 13.2. The highest BCUT2D eigenvalue weighted by molar-refractivity contribution is 7.94. The number of hydrogen-bond acceptors (Lipinski definition) is 16. The number of benzene rings is 4. The quantitative estimate of drug-likeness (QED) is 0.0755. The Morgan fingerprint density at radius 3 is 2.06 bits per heavy atom. The van der Waals surface area contributed by atoms with Gasteiger partial charge in [0.15, 0.2) is 9.84 Å². The van der Waals surface area contributed by atoms with E-state index in [1.807, 2.05) is 0 Å². The molecule has 248 valence electrons. The number of azo groups is 1. The van der Waals surface area contributed by atoms with Crippen molar-refractivity contribution in [1.29, 1.82) is 0 Å². The number of nitrogens with zero attached hydrogens (tertiary/aromatic N) is 5. The van der Waals surface area contributed by atoms with E-state index in [0.29, 0.717) is 16.5 Å². The van der Waals surface area contributed by atoms with Crippen LogP contribution in [0.25, 0.3) is 10.8 Å². The number of halogens is 1. The smallest absolute Gasteiger partial charge is 0.425 e. The number of fused-ring (bicyclic) bond motifs is 1. The van der Waals surface area contributed by atoms with Gasteiger partial charge in [-0.3, -0.25) is 4.55 Å². The molecule has 0 radical (unpaired) electrons. The summed E-state index contributed by atoms with van der Waals surface area (Å²) in [6.45, 7) is 3.29. The van der Waals surface area contributed by atoms with Gasteiger partial charge >= 0.3 is 10.6 Å². The molecule has 0 bridgehead atoms. The van der Waals surface area contributed by atoms with Crippen LogP contribution in [0.2, 0.25) is 5.28 Å². The van der Waals surface area contributed by atoms with E-state index >= 15 is 0 Å². The first-order chi connectivity index (χ1) is 22.6. The maximum atomic E-state index is 12.3. The fraction of sp³-hybridized carbons (Fsp3) is 0. The number of rotatable bonds is 9. The molecule has 0 saturated carbocycles. The second-order valence-electron chi connectivity index (χ2n) is 9.18. The molecule has 0 amide bonds. The highest BCUT2D eigenvalue weighted by atomic mass is 35.5. The van der Waals surface area contributed by atoms with Crippen LogP contribution in [0, 0.1) is 0 Å². The first-order valence-electron chi connectivity index (χ1n) is 12.8. The van der Waals surface area contributed by atoms with E-state index in [9.17, 15) is 26.5 Å². The average molecular weight is 733 g/mol. The van der Waals surface area contributed by atoms with E-state index in [1.54, 1.807) is 24.3 Å². The Morgan fingerprint density at radius 2 is 1.46 bits per heavy atom. The van der Waals surface area contributed by atoms with Gasteiger partial charge in [0.2, 0.25) is 17.2 Å². The van der Waals surface area contributed by atoms with Gasteiger partial charge in [-0.2, -0.15) is 23.4 Å². The Bertz CT molecular complexity index is 2410. The molecule has 5 aromatic rings. The van der Waals surface area contributed by atoms with Crippen molar-refractivity contribution in [3.8, 4) is 5.75 Å². The summed E-state index contributed by atoms with van der Waals surface area (Å²) >= 11 is 6.06. The van der Waals surface area contributed by atoms with Crippen LogP contribution in [0.5, 0.6) is 5.75 Å². The zero-order chi connectivity index (χ0) is 35.2. The van der Waals surface area contributed by atoms with Crippen molar-refractivity contribution in [3.05, 3.63) is 90.1 Å². The molecular weight excluding hydrogens is 712 g/mol. The molecule has 0 atom stereocenters. The minimum absolute atomic E-state index is 0.0109. The standard InChI is InChI=1S/C27H21ClN8O6S2.O3S/c1-2-43(38,39)18-10-7-16(8-11-18)30-26-32-25(28)33-27(34-26)31-17-9-13-20(22(14-17)44(40,41)42)35-36-24-19(29)12-6-15-4-3-5-21(37)23(15)24;1-4(2)3/h2-14,37H,1,29H2,(H,40,41,42)(H2,30,31,32,33,34);. The Morgan fingerprint density at radius 1 is 0.854 bits per heavy atom. The molecule has 6 N–H and O–H groups in total. The summed E-state index contributed by atoms with van der Waals surface area (Å²) in [5.41, 5.74) is 6.69. The zero-order valence-corrected chi connectivity index (χ0v) is 27.1. The highest BCUT2D eigenvalue weighted by Crippen LogP contribution is 2.39. The predicted octanol–water partition coefficient (Wildman–Crippen LogP) is 5.03. The largest absolute Gasteiger partial charge is 0.507 e. The molecule has 0 fully saturated rings. The summed E-state index contributed by atoms with van der Waals surface area (Å²) in [4.78, 5) is 11.6. The number of phenolic OH excluding ortho intramolecular Hbond substituents is 1. The lowest BCUT2D eigenvalue weighted by atomic mass is 10.1. The Labute approximate surface area is 278 Å². The SMILES string of the molecule is C=CS(=O)(=O)c1ccc(Nc2nc(Cl)nc(Nc3ccc(N=Nc4c(N)ccc5cccc(O)c45)c(S(=O)(=O)O)c3)n2)cc1.O=S(=O)=O. The highest BCUT2D eigenvalue weighted by Gasteiger charge is 2.18. The Hall–Kier alpha value is -5.54. The van der Waals surface area contributed by atoms with Gasteiger partial charge in [0.25, 0.3) is 10.1 Å². The van der Waals surface area contributed by atoms with E-state index in [1.165, 1.54) is 42.5 Å². The monoisotopic (exact) mass is 732 g/mol. The van der Waals surface area contributed by atoms with Gasteiger partial charge in [-0.15, -0.1) is 22.9 Å². The third kappa shape index (κ3) is 8.83. The van der Waals surface area contributed by atoms with Crippen LogP contribution in [-0.2, 0) is 30.6 Å². The normalized spacial score (nSPS) is 11.5. The molecule has 48 heavy (non-hydrogen) atoms. The molecule has 0 saturated heterocycles. The van der Waals surface area contributed by atoms with E-state index in [4.69, 9.17) is 30.0 Å². The third-order valence-electron chi connectivity index (χ3n) is 6.05. The zero-order valence-electron chi connectivity index (χ0n) is 23.9. The van der Waals surface area contributed by atoms with E-state index in [2.05, 4.69) is 42.4 Å². The van der Waals surface area contributed by atoms with E-state index in [-0.39, 0.29) is 50.6 Å². The topological polar surface area (TPSA) is 273 Å². The first kappa shape index (κ1) is 35.3. The molecule has 5 rings (SSSR count). The fourth-order valence-corrected chi connectivity index (χ4v) is 5.51. The number of anilines is 5. The minimum Gasteiger partial charge on any atom is -0.507 e. The number of nitrogens with one attached hydrogen (secondary N) is 2. The number of nitrogens with two attached hydrogens (primary N) is 1. The molecule has 21 heteroatoms. The molecule has 0 aliphatic heterocycles. The number of hydrogen-bond donors (Lipinski definition) is 5. The van der Waals surface area contributed by atoms with Crippen LogP contribution in [0.3, 0.4) is 0 Å². The Balaban J connectivity index is 0.00000123. The maximum absolute atomic E-state index is 12.3. The predicted molar refractivity (Wildman–Crippen MR) is 175 cm³/mol. The molecule has 17 nitrogen and oxygen atoms in total. The molecule has 0 aliphatic rings. The van der Waals surface area contributed by atoms with Gasteiger partial charge in [0, 0.05) is 16.8 Å².